The molecule has 0 heterocycles. The molecule has 0 aromatic heterocycles. The first-order valence-corrected chi connectivity index (χ1v) is 9.09. The van der Waals surface area contributed by atoms with Crippen LogP contribution < -0.4 is 5.32 Å². The number of aliphatic carboxylic acids is 1. The molecule has 0 fully saturated rings. The van der Waals surface area contributed by atoms with Gasteiger partial charge in [0.1, 0.15) is 0 Å². The maximum atomic E-state index is 11.8. The summed E-state index contributed by atoms with van der Waals surface area (Å²) in [5.41, 5.74) is 0. The highest BCUT2D eigenvalue weighted by Gasteiger charge is 2.31. The number of nitrogens with zero attached hydrogens (tertiary/aromatic N) is 1. The van der Waals surface area contributed by atoms with Crippen molar-refractivity contribution in [2.24, 2.45) is 0 Å². The molecule has 0 aliphatic rings. The third-order valence-corrected chi connectivity index (χ3v) is 4.22. The van der Waals surface area contributed by atoms with Crippen molar-refractivity contribution in [3.05, 3.63) is 0 Å². The third-order valence-electron chi connectivity index (χ3n) is 4.22. The van der Waals surface area contributed by atoms with Crippen LogP contribution in [0.2, 0.25) is 0 Å². The fourth-order valence-corrected chi connectivity index (χ4v) is 2.59. The number of hydrogen-bond donors (Lipinski definition) is 2. The van der Waals surface area contributed by atoms with E-state index in [9.17, 15) is 14.7 Å². The van der Waals surface area contributed by atoms with Gasteiger partial charge in [0, 0.05) is 6.42 Å². The zero-order valence-electron chi connectivity index (χ0n) is 15.6. The van der Waals surface area contributed by atoms with E-state index in [-0.39, 0.29) is 12.5 Å². The van der Waals surface area contributed by atoms with Crippen LogP contribution in [0.4, 0.5) is 0 Å². The molecule has 0 rings (SSSR count). The Hall–Kier alpha value is -1.10. The predicted octanol–water partition coefficient (Wildman–Crippen LogP) is 3.18. The molecule has 0 saturated heterocycles. The van der Waals surface area contributed by atoms with E-state index in [0.717, 1.165) is 12.8 Å². The van der Waals surface area contributed by atoms with Crippen LogP contribution in [0, 0.1) is 0 Å². The molecule has 136 valence electrons. The van der Waals surface area contributed by atoms with Crippen LogP contribution in [0.15, 0.2) is 0 Å². The zero-order valence-corrected chi connectivity index (χ0v) is 15.6. The summed E-state index contributed by atoms with van der Waals surface area (Å²) in [5.74, 6) is -0.909. The summed E-state index contributed by atoms with van der Waals surface area (Å²) in [6.07, 6.45) is 11.5. The number of likely N-dealkylation sites (N-methyl/N-ethyl adjacent to an activating group) is 1. The van der Waals surface area contributed by atoms with E-state index in [0.29, 0.717) is 10.9 Å². The largest absolute Gasteiger partial charge is 0.477 e. The Bertz CT molecular complexity index is 338. The number of carbonyl (C=O) groups excluding carboxylic acids is 1. The standard InChI is InChI=1S/C18H36N2O3/c1-5-6-7-8-9-10-11-12-13-14-17(21)19-15-16(18(22)23)20(2,3)4/h16H,5-15H2,1-4H3,(H-,19,21,22,23)/p+1. The van der Waals surface area contributed by atoms with E-state index in [1.807, 2.05) is 21.1 Å². The molecule has 23 heavy (non-hydrogen) atoms. The van der Waals surface area contributed by atoms with Gasteiger partial charge in [-0.25, -0.2) is 4.79 Å². The second-order valence-electron chi connectivity index (χ2n) is 7.35. The highest BCUT2D eigenvalue weighted by molar-refractivity contribution is 5.78. The summed E-state index contributed by atoms with van der Waals surface area (Å²) in [5, 5.41) is 12.0. The van der Waals surface area contributed by atoms with Crippen LogP contribution in [0.1, 0.15) is 71.1 Å². The number of rotatable bonds is 14. The molecule has 1 atom stereocenters. The minimum absolute atomic E-state index is 0.0346. The van der Waals surface area contributed by atoms with Gasteiger partial charge in [-0.1, -0.05) is 58.3 Å². The molecule has 5 nitrogen and oxygen atoms in total. The summed E-state index contributed by atoms with van der Waals surface area (Å²) in [6.45, 7) is 2.42. The molecule has 0 spiro atoms. The van der Waals surface area contributed by atoms with Crippen LogP contribution in [0.25, 0.3) is 0 Å². The maximum Gasteiger partial charge on any atom is 0.364 e. The molecule has 0 radical (unpaired) electrons. The number of amides is 1. The molecule has 0 aliphatic carbocycles. The van der Waals surface area contributed by atoms with Gasteiger partial charge in [0.05, 0.1) is 27.7 Å². The summed E-state index contributed by atoms with van der Waals surface area (Å²) in [6, 6.07) is -0.609. The number of nitrogens with one attached hydrogen (secondary N) is 1. The first-order chi connectivity index (χ1) is 10.8. The van der Waals surface area contributed by atoms with Crippen LogP contribution in [0.5, 0.6) is 0 Å². The average molecular weight is 330 g/mol. The summed E-state index contributed by atoms with van der Waals surface area (Å²) >= 11 is 0. The van der Waals surface area contributed by atoms with Gasteiger partial charge in [0.25, 0.3) is 0 Å². The lowest BCUT2D eigenvalue weighted by Gasteiger charge is -2.31. The minimum atomic E-state index is -0.874. The Labute approximate surface area is 142 Å². The average Bonchev–Trinajstić information content (AvgIpc) is 2.43. The van der Waals surface area contributed by atoms with Crippen molar-refractivity contribution in [1.29, 1.82) is 0 Å². The van der Waals surface area contributed by atoms with E-state index in [2.05, 4.69) is 12.2 Å². The van der Waals surface area contributed by atoms with Gasteiger partial charge < -0.3 is 14.9 Å². The Morgan fingerprint density at radius 3 is 1.83 bits per heavy atom. The van der Waals surface area contributed by atoms with Gasteiger partial charge >= 0.3 is 5.97 Å². The van der Waals surface area contributed by atoms with Crippen LogP contribution in [-0.2, 0) is 9.59 Å². The van der Waals surface area contributed by atoms with E-state index in [1.165, 1.54) is 44.9 Å². The Balaban J connectivity index is 3.66. The topological polar surface area (TPSA) is 66.4 Å². The lowest BCUT2D eigenvalue weighted by Crippen LogP contribution is -2.55. The van der Waals surface area contributed by atoms with Crippen LogP contribution >= 0.6 is 0 Å². The molecular formula is C18H37N2O3+. The van der Waals surface area contributed by atoms with E-state index >= 15 is 0 Å². The molecular weight excluding hydrogens is 292 g/mol. The molecule has 0 bridgehead atoms. The fourth-order valence-electron chi connectivity index (χ4n) is 2.59. The number of carbonyl (C=O) groups is 2. The molecule has 5 heteroatoms. The van der Waals surface area contributed by atoms with Crippen molar-refractivity contribution in [2.45, 2.75) is 77.2 Å². The lowest BCUT2D eigenvalue weighted by atomic mass is 10.1. The SMILES string of the molecule is CCCCCCCCCCCC(=O)NCC(C(=O)O)[N+](C)(C)C. The van der Waals surface area contributed by atoms with Gasteiger partial charge in [0.2, 0.25) is 11.9 Å². The molecule has 0 aliphatic heterocycles. The number of carboxylic acid groups (broad SMARTS) is 1. The minimum Gasteiger partial charge on any atom is -0.477 e. The monoisotopic (exact) mass is 329 g/mol. The number of carboxylic acids is 1. The highest BCUT2D eigenvalue weighted by atomic mass is 16.4. The number of unbranched alkanes of at least 4 members (excludes halogenated alkanes) is 8. The lowest BCUT2D eigenvalue weighted by molar-refractivity contribution is -0.885. The second-order valence-corrected chi connectivity index (χ2v) is 7.35. The van der Waals surface area contributed by atoms with Gasteiger partial charge in [0.15, 0.2) is 0 Å². The fraction of sp³-hybridized carbons (Fsp3) is 0.889. The Morgan fingerprint density at radius 2 is 1.39 bits per heavy atom. The summed E-state index contributed by atoms with van der Waals surface area (Å²) < 4.78 is 0.299. The van der Waals surface area contributed by atoms with Crippen LogP contribution in [0.3, 0.4) is 0 Å². The number of quaternary nitrogens is 1. The summed E-state index contributed by atoms with van der Waals surface area (Å²) in [7, 11) is 5.47. The predicted molar refractivity (Wildman–Crippen MR) is 94.3 cm³/mol. The van der Waals surface area contributed by atoms with Gasteiger partial charge in [-0.15, -0.1) is 0 Å². The summed E-state index contributed by atoms with van der Waals surface area (Å²) in [4.78, 5) is 23.0. The van der Waals surface area contributed by atoms with Gasteiger partial charge in [-0.3, -0.25) is 4.79 Å². The zero-order chi connectivity index (χ0) is 17.7. The molecule has 0 saturated carbocycles. The molecule has 0 aromatic rings. The molecule has 1 unspecified atom stereocenters. The smallest absolute Gasteiger partial charge is 0.364 e. The first kappa shape index (κ1) is 21.9. The van der Waals surface area contributed by atoms with Crippen molar-refractivity contribution in [2.75, 3.05) is 27.7 Å². The van der Waals surface area contributed by atoms with Crippen molar-refractivity contribution < 1.29 is 19.2 Å². The molecule has 0 aromatic carbocycles. The van der Waals surface area contributed by atoms with Gasteiger partial charge in [-0.2, -0.15) is 0 Å². The van der Waals surface area contributed by atoms with Gasteiger partial charge in [-0.05, 0) is 6.42 Å². The van der Waals surface area contributed by atoms with Crippen molar-refractivity contribution in [3.8, 4) is 0 Å². The van der Waals surface area contributed by atoms with Crippen molar-refractivity contribution >= 4 is 11.9 Å². The maximum absolute atomic E-state index is 11.8. The Kier molecular flexibility index (Phi) is 11.7. The second kappa shape index (κ2) is 12.3. The Morgan fingerprint density at radius 1 is 0.913 bits per heavy atom. The van der Waals surface area contributed by atoms with Crippen molar-refractivity contribution in [3.63, 3.8) is 0 Å². The molecule has 1 amide bonds. The first-order valence-electron chi connectivity index (χ1n) is 9.09. The van der Waals surface area contributed by atoms with Crippen LogP contribution in [-0.4, -0.2) is 55.2 Å². The van der Waals surface area contributed by atoms with E-state index in [1.54, 1.807) is 0 Å². The van der Waals surface area contributed by atoms with E-state index in [4.69, 9.17) is 0 Å². The van der Waals surface area contributed by atoms with Crippen molar-refractivity contribution in [1.82, 2.24) is 5.32 Å². The quantitative estimate of drug-likeness (QED) is 0.380. The normalized spacial score (nSPS) is 12.9. The number of hydrogen-bond acceptors (Lipinski definition) is 2. The third kappa shape index (κ3) is 12.0. The molecule has 2 N–H and O–H groups in total. The van der Waals surface area contributed by atoms with E-state index < -0.39 is 12.0 Å². The highest BCUT2D eigenvalue weighted by Crippen LogP contribution is 2.10.